The molecule has 4 nitrogen and oxygen atoms in total. The van der Waals surface area contributed by atoms with E-state index in [1.807, 2.05) is 13.1 Å². The number of carbonyl (C=O) groups is 1. The van der Waals surface area contributed by atoms with Crippen molar-refractivity contribution in [1.82, 2.24) is 0 Å². The van der Waals surface area contributed by atoms with E-state index in [9.17, 15) is 4.79 Å². The molecule has 1 aromatic rings. The first-order chi connectivity index (χ1) is 9.00. The molecular weight excluding hydrogens is 238 g/mol. The van der Waals surface area contributed by atoms with Gasteiger partial charge >= 0.3 is 0 Å². The summed E-state index contributed by atoms with van der Waals surface area (Å²) < 4.78 is 0. The van der Waals surface area contributed by atoms with Crippen LogP contribution in [0.15, 0.2) is 18.2 Å². The molecule has 0 aliphatic heterocycles. The Labute approximate surface area is 114 Å². The van der Waals surface area contributed by atoms with Gasteiger partial charge in [0, 0.05) is 18.8 Å². The maximum absolute atomic E-state index is 11.6. The van der Waals surface area contributed by atoms with Gasteiger partial charge in [-0.25, -0.2) is 0 Å². The fourth-order valence-electron chi connectivity index (χ4n) is 3.10. The molecule has 0 aromatic heterocycles. The molecule has 1 aliphatic rings. The van der Waals surface area contributed by atoms with Crippen LogP contribution in [0.25, 0.3) is 0 Å². The molecular formula is C15H23N3O. The summed E-state index contributed by atoms with van der Waals surface area (Å²) in [6.45, 7) is 2.27. The predicted molar refractivity (Wildman–Crippen MR) is 79.2 cm³/mol. The second-order valence-electron chi connectivity index (χ2n) is 5.58. The number of hydrogen-bond acceptors (Lipinski definition) is 3. The lowest BCUT2D eigenvalue weighted by Gasteiger charge is -2.38. The van der Waals surface area contributed by atoms with Crippen LogP contribution < -0.4 is 16.4 Å². The zero-order valence-corrected chi connectivity index (χ0v) is 11.7. The second-order valence-corrected chi connectivity index (χ2v) is 5.58. The van der Waals surface area contributed by atoms with Gasteiger partial charge in [0.2, 0.25) is 0 Å². The predicted octanol–water partition coefficient (Wildman–Crippen LogP) is 2.38. The van der Waals surface area contributed by atoms with Gasteiger partial charge in [-0.2, -0.15) is 0 Å². The van der Waals surface area contributed by atoms with Gasteiger partial charge < -0.3 is 16.4 Å². The maximum atomic E-state index is 11.6. The van der Waals surface area contributed by atoms with Gasteiger partial charge in [0.15, 0.2) is 0 Å². The molecule has 2 atom stereocenters. The van der Waals surface area contributed by atoms with E-state index in [1.165, 1.54) is 19.3 Å². The first-order valence-corrected chi connectivity index (χ1v) is 6.93. The molecule has 0 radical (unpaired) electrons. The van der Waals surface area contributed by atoms with Crippen LogP contribution in [0.4, 0.5) is 11.4 Å². The van der Waals surface area contributed by atoms with E-state index < -0.39 is 5.91 Å². The first kappa shape index (κ1) is 13.7. The van der Waals surface area contributed by atoms with Crippen molar-refractivity contribution in [2.45, 2.75) is 38.6 Å². The number of benzene rings is 1. The highest BCUT2D eigenvalue weighted by atomic mass is 16.1. The molecule has 0 saturated heterocycles. The van der Waals surface area contributed by atoms with Crippen LogP contribution in [-0.4, -0.2) is 19.0 Å². The number of nitrogens with zero attached hydrogens (tertiary/aromatic N) is 1. The smallest absolute Gasteiger partial charge is 0.250 e. The highest BCUT2D eigenvalue weighted by Crippen LogP contribution is 2.32. The number of carbonyl (C=O) groups excluding carboxylic acids is 1. The summed E-state index contributed by atoms with van der Waals surface area (Å²) in [6.07, 6.45) is 4.94. The van der Waals surface area contributed by atoms with Gasteiger partial charge in [-0.15, -0.1) is 0 Å². The molecule has 1 fully saturated rings. The maximum Gasteiger partial charge on any atom is 0.250 e. The first-order valence-electron chi connectivity index (χ1n) is 6.93. The minimum Gasteiger partial charge on any atom is -0.399 e. The summed E-state index contributed by atoms with van der Waals surface area (Å²) in [7, 11) is 2.04. The standard InChI is InChI=1S/C15H23N3O/c1-10-5-3-4-6-13(10)18(2)14-9-11(16)7-8-12(14)15(17)19/h7-10,13H,3-6,16H2,1-2H3,(H2,17,19). The Morgan fingerprint density at radius 1 is 1.32 bits per heavy atom. The Balaban J connectivity index is 2.34. The number of amides is 1. The van der Waals surface area contributed by atoms with Crippen LogP contribution in [0, 0.1) is 5.92 Å². The quantitative estimate of drug-likeness (QED) is 0.820. The van der Waals surface area contributed by atoms with Gasteiger partial charge in [-0.3, -0.25) is 4.79 Å². The molecule has 2 rings (SSSR count). The SMILES string of the molecule is CC1CCCCC1N(C)c1cc(N)ccc1C(N)=O. The van der Waals surface area contributed by atoms with Crippen molar-refractivity contribution >= 4 is 17.3 Å². The molecule has 0 heterocycles. The van der Waals surface area contributed by atoms with Crippen LogP contribution >= 0.6 is 0 Å². The average molecular weight is 261 g/mol. The van der Waals surface area contributed by atoms with Crippen molar-refractivity contribution in [3.05, 3.63) is 23.8 Å². The van der Waals surface area contributed by atoms with Crippen molar-refractivity contribution in [3.8, 4) is 0 Å². The number of rotatable bonds is 3. The van der Waals surface area contributed by atoms with Crippen LogP contribution in [0.2, 0.25) is 0 Å². The van der Waals surface area contributed by atoms with Crippen LogP contribution in [-0.2, 0) is 0 Å². The van der Waals surface area contributed by atoms with Crippen LogP contribution in [0.1, 0.15) is 43.0 Å². The fraction of sp³-hybridized carbons (Fsp3) is 0.533. The molecule has 2 unspecified atom stereocenters. The lowest BCUT2D eigenvalue weighted by Crippen LogP contribution is -2.40. The van der Waals surface area contributed by atoms with E-state index in [2.05, 4.69) is 11.8 Å². The van der Waals surface area contributed by atoms with Gasteiger partial charge in [0.1, 0.15) is 0 Å². The molecule has 104 valence electrons. The summed E-state index contributed by atoms with van der Waals surface area (Å²) in [6, 6.07) is 5.74. The Kier molecular flexibility index (Phi) is 3.98. The number of anilines is 2. The number of hydrogen-bond donors (Lipinski definition) is 2. The highest BCUT2D eigenvalue weighted by molar-refractivity contribution is 5.99. The summed E-state index contributed by atoms with van der Waals surface area (Å²) in [5, 5.41) is 0. The minimum atomic E-state index is -0.398. The molecule has 4 N–H and O–H groups in total. The zero-order chi connectivity index (χ0) is 14.0. The Morgan fingerprint density at radius 2 is 2.00 bits per heavy atom. The normalized spacial score (nSPS) is 23.1. The molecule has 1 aliphatic carbocycles. The molecule has 1 saturated carbocycles. The highest BCUT2D eigenvalue weighted by Gasteiger charge is 2.27. The number of nitrogens with two attached hydrogens (primary N) is 2. The lowest BCUT2D eigenvalue weighted by atomic mass is 9.84. The minimum absolute atomic E-state index is 0.398. The van der Waals surface area contributed by atoms with Crippen molar-refractivity contribution in [2.24, 2.45) is 11.7 Å². The summed E-state index contributed by atoms with van der Waals surface area (Å²) in [5.74, 6) is 0.228. The Hall–Kier alpha value is -1.71. The lowest BCUT2D eigenvalue weighted by molar-refractivity contribution is 0.100. The number of nitrogen functional groups attached to an aromatic ring is 1. The molecule has 4 heteroatoms. The summed E-state index contributed by atoms with van der Waals surface area (Å²) in [5.41, 5.74) is 13.4. The van der Waals surface area contributed by atoms with Crippen molar-refractivity contribution in [2.75, 3.05) is 17.7 Å². The van der Waals surface area contributed by atoms with Gasteiger partial charge in [0.05, 0.1) is 11.3 Å². The summed E-state index contributed by atoms with van der Waals surface area (Å²) >= 11 is 0. The third-order valence-electron chi connectivity index (χ3n) is 4.23. The monoisotopic (exact) mass is 261 g/mol. The fourth-order valence-corrected chi connectivity index (χ4v) is 3.10. The third kappa shape index (κ3) is 2.83. The summed E-state index contributed by atoms with van der Waals surface area (Å²) in [4.78, 5) is 13.7. The van der Waals surface area contributed by atoms with Gasteiger partial charge in [-0.1, -0.05) is 19.8 Å². The van der Waals surface area contributed by atoms with Crippen molar-refractivity contribution in [1.29, 1.82) is 0 Å². The Morgan fingerprint density at radius 3 is 2.63 bits per heavy atom. The van der Waals surface area contributed by atoms with Gasteiger partial charge in [-0.05, 0) is 37.0 Å². The molecule has 0 bridgehead atoms. The zero-order valence-electron chi connectivity index (χ0n) is 11.7. The second kappa shape index (κ2) is 5.51. The molecule has 0 spiro atoms. The average Bonchev–Trinajstić information content (AvgIpc) is 2.38. The van der Waals surface area contributed by atoms with E-state index >= 15 is 0 Å². The van der Waals surface area contributed by atoms with E-state index in [4.69, 9.17) is 11.5 Å². The number of primary amides is 1. The van der Waals surface area contributed by atoms with Crippen LogP contribution in [0.5, 0.6) is 0 Å². The topological polar surface area (TPSA) is 72.3 Å². The Bertz CT molecular complexity index is 472. The third-order valence-corrected chi connectivity index (χ3v) is 4.23. The van der Waals surface area contributed by atoms with Gasteiger partial charge in [0.25, 0.3) is 5.91 Å². The molecule has 1 amide bonds. The van der Waals surface area contributed by atoms with Crippen LogP contribution in [0.3, 0.4) is 0 Å². The van der Waals surface area contributed by atoms with Crippen molar-refractivity contribution < 1.29 is 4.79 Å². The molecule has 19 heavy (non-hydrogen) atoms. The largest absolute Gasteiger partial charge is 0.399 e. The van der Waals surface area contributed by atoms with E-state index in [0.29, 0.717) is 23.2 Å². The van der Waals surface area contributed by atoms with Crippen molar-refractivity contribution in [3.63, 3.8) is 0 Å². The van der Waals surface area contributed by atoms with E-state index in [1.54, 1.807) is 12.1 Å². The molecule has 1 aromatic carbocycles. The van der Waals surface area contributed by atoms with E-state index in [0.717, 1.165) is 12.1 Å². The van der Waals surface area contributed by atoms with E-state index in [-0.39, 0.29) is 0 Å².